The molecule has 0 bridgehead atoms. The van der Waals surface area contributed by atoms with Crippen LogP contribution >= 0.6 is 12.6 Å². The summed E-state index contributed by atoms with van der Waals surface area (Å²) in [5.74, 6) is -0.284. The molecule has 0 N–H and O–H groups in total. The first-order chi connectivity index (χ1) is 4.63. The second-order valence-corrected chi connectivity index (χ2v) is 5.18. The summed E-state index contributed by atoms with van der Waals surface area (Å²) in [7, 11) is 0. The molecule has 11 heavy (non-hydrogen) atoms. The Hall–Kier alpha value is -0.180. The van der Waals surface area contributed by atoms with Gasteiger partial charge in [0.25, 0.3) is 0 Å². The van der Waals surface area contributed by atoms with Crippen LogP contribution < -0.4 is 0 Å². The first-order valence-corrected chi connectivity index (χ1v) is 4.03. The Labute approximate surface area is 73.7 Å². The van der Waals surface area contributed by atoms with E-state index >= 15 is 0 Å². The van der Waals surface area contributed by atoms with Crippen LogP contribution in [-0.2, 0) is 9.53 Å². The zero-order chi connectivity index (χ0) is 9.28. The Morgan fingerprint density at radius 3 is 1.64 bits per heavy atom. The van der Waals surface area contributed by atoms with Gasteiger partial charge in [-0.3, -0.25) is 4.79 Å². The van der Waals surface area contributed by atoms with E-state index in [0.717, 1.165) is 0 Å². The Morgan fingerprint density at radius 2 is 1.55 bits per heavy atom. The molecule has 0 fully saturated rings. The van der Waals surface area contributed by atoms with Crippen molar-refractivity contribution in [1.29, 1.82) is 0 Å². The van der Waals surface area contributed by atoms with E-state index in [-0.39, 0.29) is 5.97 Å². The van der Waals surface area contributed by atoms with E-state index in [1.54, 1.807) is 13.8 Å². The highest BCUT2D eigenvalue weighted by Gasteiger charge is 2.28. The van der Waals surface area contributed by atoms with E-state index in [1.807, 2.05) is 20.8 Å². The van der Waals surface area contributed by atoms with E-state index in [2.05, 4.69) is 12.6 Å². The van der Waals surface area contributed by atoms with E-state index in [0.29, 0.717) is 0 Å². The molecule has 0 amide bonds. The summed E-state index contributed by atoms with van der Waals surface area (Å²) in [6, 6.07) is 0. The third kappa shape index (κ3) is 5.13. The van der Waals surface area contributed by atoms with Gasteiger partial charge in [0, 0.05) is 0 Å². The molecule has 0 spiro atoms. The Balaban J connectivity index is 4.11. The van der Waals surface area contributed by atoms with Gasteiger partial charge in [-0.25, -0.2) is 0 Å². The lowest BCUT2D eigenvalue weighted by Gasteiger charge is -2.24. The SMILES string of the molecule is CC(C)(C)OC(=O)C(C)(C)S. The predicted octanol–water partition coefficient (Wildman–Crippen LogP) is 2.04. The number of carbonyl (C=O) groups is 1. The van der Waals surface area contributed by atoms with Crippen molar-refractivity contribution >= 4 is 18.6 Å². The fraction of sp³-hybridized carbons (Fsp3) is 0.875. The minimum Gasteiger partial charge on any atom is -0.459 e. The number of rotatable bonds is 1. The number of hydrogen-bond donors (Lipinski definition) is 1. The number of thiol groups is 1. The highest BCUT2D eigenvalue weighted by Crippen LogP contribution is 2.18. The summed E-state index contributed by atoms with van der Waals surface area (Å²) in [6.45, 7) is 8.94. The summed E-state index contributed by atoms with van der Waals surface area (Å²) in [5, 5.41) is 0. The number of esters is 1. The topological polar surface area (TPSA) is 26.3 Å². The molecular weight excluding hydrogens is 160 g/mol. The second-order valence-electron chi connectivity index (χ2n) is 4.06. The Bertz CT molecular complexity index is 150. The van der Waals surface area contributed by atoms with Gasteiger partial charge < -0.3 is 4.74 Å². The summed E-state index contributed by atoms with van der Waals surface area (Å²) >= 11 is 4.09. The van der Waals surface area contributed by atoms with Crippen LogP contribution in [0.2, 0.25) is 0 Å². The summed E-state index contributed by atoms with van der Waals surface area (Å²) in [5.41, 5.74) is -0.420. The molecule has 0 aromatic rings. The lowest BCUT2D eigenvalue weighted by Crippen LogP contribution is -2.34. The fourth-order valence-electron chi connectivity index (χ4n) is 0.403. The van der Waals surface area contributed by atoms with Gasteiger partial charge in [0.1, 0.15) is 10.3 Å². The minimum absolute atomic E-state index is 0.284. The lowest BCUT2D eigenvalue weighted by molar-refractivity contribution is -0.156. The van der Waals surface area contributed by atoms with Gasteiger partial charge in [0.2, 0.25) is 0 Å². The van der Waals surface area contributed by atoms with Gasteiger partial charge >= 0.3 is 5.97 Å². The predicted molar refractivity (Wildman–Crippen MR) is 48.9 cm³/mol. The molecule has 0 saturated carbocycles. The van der Waals surface area contributed by atoms with Crippen molar-refractivity contribution in [1.82, 2.24) is 0 Å². The zero-order valence-corrected chi connectivity index (χ0v) is 8.66. The Morgan fingerprint density at radius 1 is 1.18 bits per heavy atom. The number of ether oxygens (including phenoxy) is 1. The molecule has 0 aromatic carbocycles. The van der Waals surface area contributed by atoms with E-state index in [9.17, 15) is 4.79 Å². The number of hydrogen-bond acceptors (Lipinski definition) is 3. The van der Waals surface area contributed by atoms with Crippen molar-refractivity contribution in [2.75, 3.05) is 0 Å². The molecule has 0 radical (unpaired) electrons. The summed E-state index contributed by atoms with van der Waals surface area (Å²) < 4.78 is 4.39. The first kappa shape index (κ1) is 10.8. The van der Waals surface area contributed by atoms with Crippen molar-refractivity contribution in [2.45, 2.75) is 45.0 Å². The van der Waals surface area contributed by atoms with Crippen molar-refractivity contribution < 1.29 is 9.53 Å². The maximum Gasteiger partial charge on any atom is 0.321 e. The lowest BCUT2D eigenvalue weighted by atomic mass is 10.1. The molecule has 0 saturated heterocycles. The largest absolute Gasteiger partial charge is 0.459 e. The summed E-state index contributed by atoms with van der Waals surface area (Å²) in [6.07, 6.45) is 0. The maximum atomic E-state index is 11.2. The smallest absolute Gasteiger partial charge is 0.321 e. The van der Waals surface area contributed by atoms with Gasteiger partial charge in [0.15, 0.2) is 0 Å². The van der Waals surface area contributed by atoms with Crippen LogP contribution in [0.15, 0.2) is 0 Å². The molecule has 3 heteroatoms. The van der Waals surface area contributed by atoms with Gasteiger partial charge in [-0.1, -0.05) is 0 Å². The first-order valence-electron chi connectivity index (χ1n) is 3.59. The Kier molecular flexibility index (Phi) is 3.00. The van der Waals surface area contributed by atoms with E-state index in [1.165, 1.54) is 0 Å². The van der Waals surface area contributed by atoms with Gasteiger partial charge in [-0.2, -0.15) is 12.6 Å². The monoisotopic (exact) mass is 176 g/mol. The normalized spacial score (nSPS) is 12.9. The number of carbonyl (C=O) groups excluding carboxylic acids is 1. The van der Waals surface area contributed by atoms with Crippen molar-refractivity contribution in [2.24, 2.45) is 0 Å². The highest BCUT2D eigenvalue weighted by atomic mass is 32.1. The van der Waals surface area contributed by atoms with E-state index < -0.39 is 10.3 Å². The average Bonchev–Trinajstić information content (AvgIpc) is 1.56. The second kappa shape index (κ2) is 3.05. The van der Waals surface area contributed by atoms with Crippen LogP contribution in [0, 0.1) is 0 Å². The molecular formula is C8H16O2S. The van der Waals surface area contributed by atoms with Crippen LogP contribution in [0.25, 0.3) is 0 Å². The summed E-state index contributed by atoms with van der Waals surface area (Å²) in [4.78, 5) is 11.2. The van der Waals surface area contributed by atoms with Crippen molar-refractivity contribution in [3.05, 3.63) is 0 Å². The van der Waals surface area contributed by atoms with Crippen LogP contribution in [0.4, 0.5) is 0 Å². The molecule has 0 aromatic heterocycles. The molecule has 0 rings (SSSR count). The fourth-order valence-corrected chi connectivity index (χ4v) is 0.449. The third-order valence-corrected chi connectivity index (χ3v) is 1.08. The molecule has 0 aliphatic carbocycles. The highest BCUT2D eigenvalue weighted by molar-refractivity contribution is 7.82. The van der Waals surface area contributed by atoms with Crippen LogP contribution in [0.3, 0.4) is 0 Å². The standard InChI is InChI=1S/C8H16O2S/c1-7(2,3)10-6(9)8(4,5)11/h11H,1-5H3. The van der Waals surface area contributed by atoms with Crippen molar-refractivity contribution in [3.8, 4) is 0 Å². The molecule has 0 unspecified atom stereocenters. The maximum absolute atomic E-state index is 11.2. The quantitative estimate of drug-likeness (QED) is 0.489. The van der Waals surface area contributed by atoms with Crippen molar-refractivity contribution in [3.63, 3.8) is 0 Å². The molecule has 0 heterocycles. The third-order valence-electron chi connectivity index (χ3n) is 0.898. The minimum atomic E-state index is -0.701. The van der Waals surface area contributed by atoms with Crippen LogP contribution in [0.1, 0.15) is 34.6 Å². The van der Waals surface area contributed by atoms with Gasteiger partial charge in [-0.15, -0.1) is 0 Å². The molecule has 2 nitrogen and oxygen atoms in total. The van der Waals surface area contributed by atoms with Crippen LogP contribution in [-0.4, -0.2) is 16.3 Å². The molecule has 0 atom stereocenters. The average molecular weight is 176 g/mol. The molecule has 0 aliphatic heterocycles. The zero-order valence-electron chi connectivity index (χ0n) is 7.76. The van der Waals surface area contributed by atoms with Gasteiger partial charge in [-0.05, 0) is 34.6 Å². The van der Waals surface area contributed by atoms with Crippen LogP contribution in [0.5, 0.6) is 0 Å². The molecule has 66 valence electrons. The van der Waals surface area contributed by atoms with E-state index in [4.69, 9.17) is 4.74 Å². The molecule has 0 aliphatic rings. The van der Waals surface area contributed by atoms with Gasteiger partial charge in [0.05, 0.1) is 0 Å².